The molecule has 0 saturated carbocycles. The van der Waals surface area contributed by atoms with Gasteiger partial charge in [-0.3, -0.25) is 9.69 Å². The van der Waals surface area contributed by atoms with Gasteiger partial charge in [-0.15, -0.1) is 0 Å². The molecule has 0 atom stereocenters. The minimum atomic E-state index is -0.241. The van der Waals surface area contributed by atoms with Crippen LogP contribution in [0.3, 0.4) is 0 Å². The van der Waals surface area contributed by atoms with Gasteiger partial charge in [-0.1, -0.05) is 30.3 Å². The van der Waals surface area contributed by atoms with Crippen LogP contribution in [0.15, 0.2) is 69.9 Å². The molecule has 0 unspecified atom stereocenters. The van der Waals surface area contributed by atoms with Crippen LogP contribution in [0.5, 0.6) is 28.7 Å². The molecule has 7 heteroatoms. The molecule has 0 saturated heterocycles. The predicted octanol–water partition coefficient (Wildman–Crippen LogP) is 5.26. The second kappa shape index (κ2) is 9.11. The van der Waals surface area contributed by atoms with E-state index in [1.165, 1.54) is 0 Å². The van der Waals surface area contributed by atoms with Gasteiger partial charge in [0.2, 0.25) is 11.2 Å². The summed E-state index contributed by atoms with van der Waals surface area (Å²) in [6, 6.07) is 18.6. The van der Waals surface area contributed by atoms with Gasteiger partial charge < -0.3 is 23.4 Å². The van der Waals surface area contributed by atoms with E-state index in [-0.39, 0.29) is 11.2 Å². The Kier molecular flexibility index (Phi) is 5.86. The molecule has 0 N–H and O–H groups in total. The van der Waals surface area contributed by atoms with Crippen LogP contribution >= 0.6 is 0 Å². The summed E-state index contributed by atoms with van der Waals surface area (Å²) in [5, 5.41) is 0.442. The van der Waals surface area contributed by atoms with Crippen molar-refractivity contribution in [2.75, 3.05) is 21.0 Å². The highest BCUT2D eigenvalue weighted by atomic mass is 16.5. The Bertz CT molecular complexity index is 1410. The lowest BCUT2D eigenvalue weighted by molar-refractivity contribution is 0.0882. The zero-order chi connectivity index (χ0) is 23.7. The van der Waals surface area contributed by atoms with Crippen molar-refractivity contribution < 1.29 is 23.4 Å². The van der Waals surface area contributed by atoms with Gasteiger partial charge in [0.1, 0.15) is 29.6 Å². The van der Waals surface area contributed by atoms with Gasteiger partial charge in [-0.2, -0.15) is 0 Å². The van der Waals surface area contributed by atoms with Crippen molar-refractivity contribution in [3.8, 4) is 28.7 Å². The minimum Gasteiger partial charge on any atom is -0.496 e. The number of ether oxygens (including phenoxy) is 4. The molecule has 0 fully saturated rings. The molecule has 0 amide bonds. The number of hydrogen-bond acceptors (Lipinski definition) is 7. The van der Waals surface area contributed by atoms with Crippen LogP contribution in [0.4, 0.5) is 0 Å². The summed E-state index contributed by atoms with van der Waals surface area (Å²) >= 11 is 0. The summed E-state index contributed by atoms with van der Waals surface area (Å²) in [5.74, 6) is 3.05. The van der Waals surface area contributed by atoms with Gasteiger partial charge in [0.15, 0.2) is 11.5 Å². The third-order valence-electron chi connectivity index (χ3n) is 5.90. The highest BCUT2D eigenvalue weighted by Gasteiger charge is 2.25. The summed E-state index contributed by atoms with van der Waals surface area (Å²) in [6.07, 6.45) is 0. The van der Waals surface area contributed by atoms with Crippen molar-refractivity contribution in [2.45, 2.75) is 20.0 Å². The summed E-state index contributed by atoms with van der Waals surface area (Å²) in [5.41, 5.74) is 2.16. The monoisotopic (exact) mass is 459 g/mol. The molecule has 0 aliphatic carbocycles. The number of methoxy groups -OCH3 is 2. The average Bonchev–Trinajstić information content (AvgIpc) is 2.87. The largest absolute Gasteiger partial charge is 0.496 e. The Hall–Kier alpha value is -3.97. The maximum absolute atomic E-state index is 13.4. The Morgan fingerprint density at radius 1 is 0.912 bits per heavy atom. The molecule has 0 radical (unpaired) electrons. The summed E-state index contributed by atoms with van der Waals surface area (Å²) in [4.78, 5) is 15.5. The second-order valence-electron chi connectivity index (χ2n) is 8.06. The fourth-order valence-electron chi connectivity index (χ4n) is 4.21. The van der Waals surface area contributed by atoms with E-state index in [0.29, 0.717) is 53.8 Å². The van der Waals surface area contributed by atoms with Gasteiger partial charge in [-0.05, 0) is 37.3 Å². The predicted molar refractivity (Wildman–Crippen MR) is 128 cm³/mol. The van der Waals surface area contributed by atoms with E-state index >= 15 is 0 Å². The van der Waals surface area contributed by atoms with Crippen LogP contribution in [-0.4, -0.2) is 25.9 Å². The minimum absolute atomic E-state index is 0.138. The van der Waals surface area contributed by atoms with Crippen molar-refractivity contribution >= 4 is 11.0 Å². The first kappa shape index (κ1) is 21.9. The smallest absolute Gasteiger partial charge is 0.235 e. The fraction of sp³-hybridized carbons (Fsp3) is 0.222. The van der Waals surface area contributed by atoms with Crippen LogP contribution in [0.1, 0.15) is 16.9 Å². The molecule has 1 aliphatic heterocycles. The molecule has 3 aromatic carbocycles. The number of rotatable bonds is 6. The maximum atomic E-state index is 13.4. The number of aryl methyl sites for hydroxylation is 1. The molecule has 0 spiro atoms. The molecule has 174 valence electrons. The van der Waals surface area contributed by atoms with Crippen molar-refractivity contribution in [2.24, 2.45) is 0 Å². The SMILES string of the molecule is COc1ccccc1CN1COc2ccc3c(=O)c(Oc4ccccc4OC)c(C)oc3c2C1. The lowest BCUT2D eigenvalue weighted by Gasteiger charge is -2.29. The van der Waals surface area contributed by atoms with E-state index < -0.39 is 0 Å². The van der Waals surface area contributed by atoms with Crippen LogP contribution in [0, 0.1) is 6.92 Å². The van der Waals surface area contributed by atoms with Crippen LogP contribution in [-0.2, 0) is 13.1 Å². The zero-order valence-corrected chi connectivity index (χ0v) is 19.3. The van der Waals surface area contributed by atoms with E-state index in [0.717, 1.165) is 16.9 Å². The first-order valence-corrected chi connectivity index (χ1v) is 11.0. The van der Waals surface area contributed by atoms with Crippen molar-refractivity contribution in [3.63, 3.8) is 0 Å². The first-order chi connectivity index (χ1) is 16.6. The maximum Gasteiger partial charge on any atom is 0.235 e. The summed E-state index contributed by atoms with van der Waals surface area (Å²) in [7, 11) is 3.22. The van der Waals surface area contributed by atoms with Gasteiger partial charge in [0, 0.05) is 18.7 Å². The molecule has 34 heavy (non-hydrogen) atoms. The molecule has 5 rings (SSSR count). The normalized spacial score (nSPS) is 13.3. The van der Waals surface area contributed by atoms with E-state index in [4.69, 9.17) is 23.4 Å². The van der Waals surface area contributed by atoms with Gasteiger partial charge in [0.25, 0.3) is 0 Å². The van der Waals surface area contributed by atoms with Crippen molar-refractivity contribution in [1.82, 2.24) is 4.90 Å². The van der Waals surface area contributed by atoms with Gasteiger partial charge in [-0.25, -0.2) is 0 Å². The molecule has 1 aromatic heterocycles. The van der Waals surface area contributed by atoms with E-state index in [1.54, 1.807) is 39.3 Å². The third kappa shape index (κ3) is 3.95. The highest BCUT2D eigenvalue weighted by Crippen LogP contribution is 2.36. The molecule has 1 aliphatic rings. The highest BCUT2D eigenvalue weighted by molar-refractivity contribution is 5.83. The Balaban J connectivity index is 1.51. The van der Waals surface area contributed by atoms with Gasteiger partial charge >= 0.3 is 0 Å². The Morgan fingerprint density at radius 3 is 2.38 bits per heavy atom. The zero-order valence-electron chi connectivity index (χ0n) is 19.3. The number of fused-ring (bicyclic) bond motifs is 3. The summed E-state index contributed by atoms with van der Waals surface area (Å²) in [6.45, 7) is 3.36. The number of benzene rings is 3. The van der Waals surface area contributed by atoms with Crippen LogP contribution < -0.4 is 24.4 Å². The molecule has 0 bridgehead atoms. The topological polar surface area (TPSA) is 70.4 Å². The van der Waals surface area contributed by atoms with Gasteiger partial charge in [0.05, 0.1) is 25.2 Å². The molecular formula is C27H25NO6. The van der Waals surface area contributed by atoms with Crippen LogP contribution in [0.25, 0.3) is 11.0 Å². The van der Waals surface area contributed by atoms with E-state index in [9.17, 15) is 4.79 Å². The van der Waals surface area contributed by atoms with Crippen LogP contribution in [0.2, 0.25) is 0 Å². The average molecular weight is 459 g/mol. The number of hydrogen-bond donors (Lipinski definition) is 0. The summed E-state index contributed by atoms with van der Waals surface area (Å²) < 4.78 is 29.0. The first-order valence-electron chi connectivity index (χ1n) is 11.0. The second-order valence-corrected chi connectivity index (χ2v) is 8.06. The van der Waals surface area contributed by atoms with Crippen molar-refractivity contribution in [3.05, 3.63) is 87.8 Å². The Labute approximate surface area is 197 Å². The number of para-hydroxylation sites is 3. The lowest BCUT2D eigenvalue weighted by atomic mass is 10.1. The third-order valence-corrected chi connectivity index (χ3v) is 5.90. The number of nitrogens with zero attached hydrogens (tertiary/aromatic N) is 1. The molecule has 2 heterocycles. The van der Waals surface area contributed by atoms with E-state index in [2.05, 4.69) is 4.90 Å². The Morgan fingerprint density at radius 2 is 1.62 bits per heavy atom. The fourth-order valence-corrected chi connectivity index (χ4v) is 4.21. The molecule has 4 aromatic rings. The molecular weight excluding hydrogens is 434 g/mol. The lowest BCUT2D eigenvalue weighted by Crippen LogP contribution is -2.32. The van der Waals surface area contributed by atoms with E-state index in [1.807, 2.05) is 42.5 Å². The molecule has 7 nitrogen and oxygen atoms in total. The standard InChI is InChI=1S/C27H25NO6/c1-17-26(34-24-11-7-6-10-23(24)31-3)25(29)19-12-13-22-20(27(19)33-17)15-28(16-32-22)14-18-8-4-5-9-21(18)30-2/h4-13H,14-16H2,1-3H3. The van der Waals surface area contributed by atoms with Crippen molar-refractivity contribution in [1.29, 1.82) is 0 Å². The quantitative estimate of drug-likeness (QED) is 0.389.